The van der Waals surface area contributed by atoms with Gasteiger partial charge in [-0.3, -0.25) is 0 Å². The number of hydrogen-bond donors (Lipinski definition) is 1. The fourth-order valence-electron chi connectivity index (χ4n) is 1.49. The lowest BCUT2D eigenvalue weighted by atomic mass is 10.1. The maximum atomic E-state index is 6.13. The van der Waals surface area contributed by atoms with Crippen molar-refractivity contribution in [2.45, 2.75) is 12.3 Å². The number of hydrogen-bond acceptors (Lipinski definition) is 3. The standard InChI is InChI=1S/C12H11BrClN3/c1-8(14)9-4-2-3-5-11(9)17-12-10(13)6-15-7-16-12/h2-8H,1H3,(H,15,16,17). The van der Waals surface area contributed by atoms with Gasteiger partial charge in [0.1, 0.15) is 12.1 Å². The number of halogens is 2. The van der Waals surface area contributed by atoms with Crippen molar-refractivity contribution < 1.29 is 0 Å². The Labute approximate surface area is 113 Å². The molecule has 3 nitrogen and oxygen atoms in total. The van der Waals surface area contributed by atoms with Gasteiger partial charge in [-0.15, -0.1) is 11.6 Å². The molecule has 0 fully saturated rings. The third kappa shape index (κ3) is 2.96. The van der Waals surface area contributed by atoms with Crippen LogP contribution in [0.5, 0.6) is 0 Å². The minimum atomic E-state index is -0.0562. The van der Waals surface area contributed by atoms with Crippen LogP contribution in [0.2, 0.25) is 0 Å². The van der Waals surface area contributed by atoms with Gasteiger partial charge in [-0.1, -0.05) is 18.2 Å². The largest absolute Gasteiger partial charge is 0.339 e. The molecule has 0 saturated carbocycles. The van der Waals surface area contributed by atoms with Crippen molar-refractivity contribution in [3.63, 3.8) is 0 Å². The summed E-state index contributed by atoms with van der Waals surface area (Å²) in [4.78, 5) is 8.08. The monoisotopic (exact) mass is 311 g/mol. The van der Waals surface area contributed by atoms with Crippen LogP contribution in [0.1, 0.15) is 17.9 Å². The molecule has 0 bridgehead atoms. The maximum Gasteiger partial charge on any atom is 0.148 e. The molecule has 0 amide bonds. The van der Waals surface area contributed by atoms with Gasteiger partial charge in [-0.05, 0) is 34.5 Å². The lowest BCUT2D eigenvalue weighted by Crippen LogP contribution is -1.99. The molecule has 2 aromatic rings. The van der Waals surface area contributed by atoms with Crippen molar-refractivity contribution in [3.05, 3.63) is 46.8 Å². The summed E-state index contributed by atoms with van der Waals surface area (Å²) in [5.41, 5.74) is 1.99. The quantitative estimate of drug-likeness (QED) is 0.860. The molecule has 1 aromatic heterocycles. The average Bonchev–Trinajstić information content (AvgIpc) is 2.32. The van der Waals surface area contributed by atoms with Gasteiger partial charge < -0.3 is 5.32 Å². The Balaban J connectivity index is 2.34. The van der Waals surface area contributed by atoms with Crippen LogP contribution in [0.15, 0.2) is 41.3 Å². The zero-order valence-electron chi connectivity index (χ0n) is 9.19. The molecule has 0 saturated heterocycles. The SMILES string of the molecule is CC(Cl)c1ccccc1Nc1ncncc1Br. The Hall–Kier alpha value is -1.13. The number of nitrogens with zero attached hydrogens (tertiary/aromatic N) is 2. The summed E-state index contributed by atoms with van der Waals surface area (Å²) in [6, 6.07) is 7.90. The molecule has 88 valence electrons. The first-order valence-electron chi connectivity index (χ1n) is 5.14. The first kappa shape index (κ1) is 12.3. The molecule has 1 heterocycles. The highest BCUT2D eigenvalue weighted by molar-refractivity contribution is 9.10. The summed E-state index contributed by atoms with van der Waals surface area (Å²) >= 11 is 9.52. The van der Waals surface area contributed by atoms with Gasteiger partial charge in [-0.2, -0.15) is 0 Å². The number of benzene rings is 1. The Bertz CT molecular complexity index is 517. The lowest BCUT2D eigenvalue weighted by molar-refractivity contribution is 1.08. The van der Waals surface area contributed by atoms with E-state index in [1.165, 1.54) is 6.33 Å². The van der Waals surface area contributed by atoms with Crippen LogP contribution < -0.4 is 5.32 Å². The predicted molar refractivity (Wildman–Crippen MR) is 73.7 cm³/mol. The van der Waals surface area contributed by atoms with Crippen molar-refractivity contribution in [3.8, 4) is 0 Å². The van der Waals surface area contributed by atoms with Gasteiger partial charge in [-0.25, -0.2) is 9.97 Å². The molecule has 0 aliphatic rings. The molecular weight excluding hydrogens is 302 g/mol. The third-order valence-electron chi connectivity index (χ3n) is 2.31. The highest BCUT2D eigenvalue weighted by Crippen LogP contribution is 2.30. The summed E-state index contributed by atoms with van der Waals surface area (Å²) in [6.07, 6.45) is 3.20. The fraction of sp³-hybridized carbons (Fsp3) is 0.167. The van der Waals surface area contributed by atoms with Crippen molar-refractivity contribution >= 4 is 39.0 Å². The number of anilines is 2. The van der Waals surface area contributed by atoms with Crippen LogP contribution in [0.3, 0.4) is 0 Å². The highest BCUT2D eigenvalue weighted by Gasteiger charge is 2.09. The number of aromatic nitrogens is 2. The average molecular weight is 313 g/mol. The Morgan fingerprint density at radius 3 is 2.82 bits per heavy atom. The van der Waals surface area contributed by atoms with E-state index in [4.69, 9.17) is 11.6 Å². The predicted octanol–water partition coefficient (Wildman–Crippen LogP) is 4.28. The van der Waals surface area contributed by atoms with E-state index in [9.17, 15) is 0 Å². The first-order valence-corrected chi connectivity index (χ1v) is 6.37. The van der Waals surface area contributed by atoms with Crippen molar-refractivity contribution in [1.29, 1.82) is 0 Å². The number of para-hydroxylation sites is 1. The van der Waals surface area contributed by atoms with Crippen molar-refractivity contribution in [2.24, 2.45) is 0 Å². The molecule has 1 N–H and O–H groups in total. The van der Waals surface area contributed by atoms with Crippen LogP contribution in [0.4, 0.5) is 11.5 Å². The molecule has 0 radical (unpaired) electrons. The molecule has 5 heteroatoms. The number of nitrogens with one attached hydrogen (secondary N) is 1. The van der Waals surface area contributed by atoms with Crippen molar-refractivity contribution in [1.82, 2.24) is 9.97 Å². The van der Waals surface area contributed by atoms with Gasteiger partial charge >= 0.3 is 0 Å². The van der Waals surface area contributed by atoms with E-state index in [1.807, 2.05) is 31.2 Å². The molecule has 17 heavy (non-hydrogen) atoms. The van der Waals surface area contributed by atoms with Crippen LogP contribution >= 0.6 is 27.5 Å². The molecule has 1 aromatic carbocycles. The summed E-state index contributed by atoms with van der Waals surface area (Å²) in [7, 11) is 0. The molecule has 0 aliphatic carbocycles. The van der Waals surface area contributed by atoms with Crippen molar-refractivity contribution in [2.75, 3.05) is 5.32 Å². The first-order chi connectivity index (χ1) is 8.18. The van der Waals surface area contributed by atoms with Gasteiger partial charge in [0.2, 0.25) is 0 Å². The lowest BCUT2D eigenvalue weighted by Gasteiger charge is -2.13. The summed E-state index contributed by atoms with van der Waals surface area (Å²) in [5, 5.41) is 3.18. The number of rotatable bonds is 3. The van der Waals surface area contributed by atoms with E-state index in [1.54, 1.807) is 6.20 Å². The smallest absolute Gasteiger partial charge is 0.148 e. The summed E-state index contributed by atoms with van der Waals surface area (Å²) < 4.78 is 0.817. The van der Waals surface area contributed by atoms with Gasteiger partial charge in [0.05, 0.1) is 9.85 Å². The normalized spacial score (nSPS) is 12.2. The summed E-state index contributed by atoms with van der Waals surface area (Å²) in [6.45, 7) is 1.94. The molecule has 0 spiro atoms. The third-order valence-corrected chi connectivity index (χ3v) is 3.13. The molecule has 0 aliphatic heterocycles. The Kier molecular flexibility index (Phi) is 3.97. The van der Waals surface area contributed by atoms with Crippen LogP contribution in [-0.4, -0.2) is 9.97 Å². The van der Waals surface area contributed by atoms with E-state index in [0.717, 1.165) is 21.5 Å². The minimum Gasteiger partial charge on any atom is -0.339 e. The Morgan fingerprint density at radius 2 is 2.12 bits per heavy atom. The van der Waals surface area contributed by atoms with Gasteiger partial charge in [0.25, 0.3) is 0 Å². The molecular formula is C12H11BrClN3. The van der Waals surface area contributed by atoms with Crippen LogP contribution in [-0.2, 0) is 0 Å². The van der Waals surface area contributed by atoms with Gasteiger partial charge in [0, 0.05) is 11.9 Å². The number of alkyl halides is 1. The van der Waals surface area contributed by atoms with E-state index in [0.29, 0.717) is 0 Å². The second-order valence-electron chi connectivity index (χ2n) is 3.55. The van der Waals surface area contributed by atoms with E-state index in [2.05, 4.69) is 31.2 Å². The van der Waals surface area contributed by atoms with E-state index >= 15 is 0 Å². The second-order valence-corrected chi connectivity index (χ2v) is 5.06. The summed E-state index contributed by atoms with van der Waals surface area (Å²) in [5.74, 6) is 0.727. The van der Waals surface area contributed by atoms with Gasteiger partial charge in [0.15, 0.2) is 0 Å². The molecule has 2 rings (SSSR count). The van der Waals surface area contributed by atoms with Crippen LogP contribution in [0.25, 0.3) is 0 Å². The van der Waals surface area contributed by atoms with Crippen LogP contribution in [0, 0.1) is 0 Å². The fourth-order valence-corrected chi connectivity index (χ4v) is 2.00. The zero-order valence-corrected chi connectivity index (χ0v) is 11.5. The zero-order chi connectivity index (χ0) is 12.3. The Morgan fingerprint density at radius 1 is 1.35 bits per heavy atom. The van der Waals surface area contributed by atoms with E-state index in [-0.39, 0.29) is 5.38 Å². The second kappa shape index (κ2) is 5.47. The molecule has 1 atom stereocenters. The topological polar surface area (TPSA) is 37.8 Å². The molecule has 1 unspecified atom stereocenters. The highest BCUT2D eigenvalue weighted by atomic mass is 79.9. The van der Waals surface area contributed by atoms with E-state index < -0.39 is 0 Å². The minimum absolute atomic E-state index is 0.0562. The maximum absolute atomic E-state index is 6.13.